The maximum atomic E-state index is 12.4. The second-order valence-corrected chi connectivity index (χ2v) is 6.39. The fourth-order valence-electron chi connectivity index (χ4n) is 2.04. The zero-order valence-corrected chi connectivity index (χ0v) is 13.1. The molecule has 0 aliphatic rings. The van der Waals surface area contributed by atoms with Crippen LogP contribution in [0.25, 0.3) is 5.65 Å². The van der Waals surface area contributed by atoms with Gasteiger partial charge in [-0.05, 0) is 19.1 Å². The van der Waals surface area contributed by atoms with E-state index in [1.165, 1.54) is 12.4 Å². The van der Waals surface area contributed by atoms with Crippen molar-refractivity contribution < 1.29 is 8.42 Å². The Morgan fingerprint density at radius 2 is 2.14 bits per heavy atom. The number of fused-ring (bicyclic) bond motifs is 1. The van der Waals surface area contributed by atoms with Gasteiger partial charge in [-0.3, -0.25) is 9.40 Å². The molecule has 0 saturated carbocycles. The van der Waals surface area contributed by atoms with Gasteiger partial charge in [0.25, 0.3) is 10.0 Å². The summed E-state index contributed by atoms with van der Waals surface area (Å²) in [6.07, 6.45) is 5.22. The van der Waals surface area contributed by atoms with Crippen molar-refractivity contribution >= 4 is 21.4 Å². The third-order valence-corrected chi connectivity index (χ3v) is 4.53. The number of nitrogens with zero attached hydrogens (tertiary/aromatic N) is 5. The molecule has 8 nitrogen and oxygen atoms in total. The van der Waals surface area contributed by atoms with Crippen LogP contribution in [-0.2, 0) is 23.0 Å². The molecule has 3 aromatic rings. The molecule has 0 amide bonds. The van der Waals surface area contributed by atoms with Crippen molar-refractivity contribution in [3.63, 3.8) is 0 Å². The molecule has 0 saturated heterocycles. The number of sulfonamides is 1. The number of rotatable bonds is 5. The average molecular weight is 320 g/mol. The first-order chi connectivity index (χ1) is 10.5. The molecule has 0 radical (unpaired) electrons. The number of nitrogens with one attached hydrogen (secondary N) is 1. The van der Waals surface area contributed by atoms with Gasteiger partial charge in [-0.25, -0.2) is 17.9 Å². The van der Waals surface area contributed by atoms with Gasteiger partial charge in [0.05, 0.1) is 11.9 Å². The smallest absolute Gasteiger partial charge is 0.265 e. The molecule has 0 bridgehead atoms. The van der Waals surface area contributed by atoms with Gasteiger partial charge in [0.2, 0.25) is 0 Å². The number of aryl methyl sites for hydroxylation is 2. The number of pyridine rings is 1. The number of aromatic nitrogens is 5. The molecule has 22 heavy (non-hydrogen) atoms. The molecule has 1 N–H and O–H groups in total. The largest absolute Gasteiger partial charge is 0.276 e. The first-order valence-electron chi connectivity index (χ1n) is 6.93. The molecule has 0 aliphatic heterocycles. The third-order valence-electron chi connectivity index (χ3n) is 3.21. The fraction of sp³-hybridized carbons (Fsp3) is 0.308. The van der Waals surface area contributed by atoms with E-state index >= 15 is 0 Å². The van der Waals surface area contributed by atoms with Crippen LogP contribution in [0.2, 0.25) is 0 Å². The fourth-order valence-corrected chi connectivity index (χ4v) is 3.05. The van der Waals surface area contributed by atoms with Crippen molar-refractivity contribution in [3.05, 3.63) is 36.5 Å². The van der Waals surface area contributed by atoms with Gasteiger partial charge >= 0.3 is 0 Å². The highest BCUT2D eigenvalue weighted by Crippen LogP contribution is 2.19. The summed E-state index contributed by atoms with van der Waals surface area (Å²) in [5, 5.41) is 8.25. The Labute approximate surface area is 127 Å². The van der Waals surface area contributed by atoms with E-state index in [2.05, 4.69) is 19.9 Å². The summed E-state index contributed by atoms with van der Waals surface area (Å²) in [4.78, 5) is 4.45. The lowest BCUT2D eigenvalue weighted by molar-refractivity contribution is 0.600. The predicted molar refractivity (Wildman–Crippen MR) is 81.1 cm³/mol. The molecule has 3 heterocycles. The summed E-state index contributed by atoms with van der Waals surface area (Å²) in [5.41, 5.74) is 0.866. The van der Waals surface area contributed by atoms with E-state index in [4.69, 9.17) is 0 Å². The summed E-state index contributed by atoms with van der Waals surface area (Å²) < 4.78 is 30.5. The highest BCUT2D eigenvalue weighted by atomic mass is 32.2. The van der Waals surface area contributed by atoms with E-state index in [0.717, 1.165) is 0 Å². The Hall–Kier alpha value is -2.42. The van der Waals surface area contributed by atoms with Crippen LogP contribution in [0.1, 0.15) is 19.7 Å². The maximum Gasteiger partial charge on any atom is 0.265 e. The topological polar surface area (TPSA) is 94.2 Å². The summed E-state index contributed by atoms with van der Waals surface area (Å²) in [5.74, 6) is 0.658. The van der Waals surface area contributed by atoms with Gasteiger partial charge in [0.15, 0.2) is 11.5 Å². The highest BCUT2D eigenvalue weighted by molar-refractivity contribution is 7.92. The minimum Gasteiger partial charge on any atom is -0.276 e. The first-order valence-corrected chi connectivity index (χ1v) is 8.41. The quantitative estimate of drug-likeness (QED) is 0.765. The summed E-state index contributed by atoms with van der Waals surface area (Å²) in [6.45, 7) is 4.44. The lowest BCUT2D eigenvalue weighted by atomic mass is 10.4. The van der Waals surface area contributed by atoms with E-state index in [0.29, 0.717) is 30.1 Å². The molecule has 3 rings (SSSR count). The molecule has 3 aromatic heterocycles. The Balaban J connectivity index is 2.00. The van der Waals surface area contributed by atoms with Crippen molar-refractivity contribution in [2.24, 2.45) is 0 Å². The monoisotopic (exact) mass is 320 g/mol. The van der Waals surface area contributed by atoms with E-state index in [1.54, 1.807) is 27.5 Å². The second-order valence-electron chi connectivity index (χ2n) is 4.71. The zero-order chi connectivity index (χ0) is 15.7. The SMILES string of the molecule is CCc1nc2c(NS(=O)(=O)c3cnn(CC)c3)cccn2n1. The summed E-state index contributed by atoms with van der Waals surface area (Å²) >= 11 is 0. The molecular formula is C13H16N6O2S. The van der Waals surface area contributed by atoms with Gasteiger partial charge < -0.3 is 0 Å². The van der Waals surface area contributed by atoms with E-state index in [9.17, 15) is 8.42 Å². The Kier molecular flexibility index (Phi) is 3.57. The van der Waals surface area contributed by atoms with Crippen molar-refractivity contribution in [2.75, 3.05) is 4.72 Å². The van der Waals surface area contributed by atoms with Crippen molar-refractivity contribution in [1.82, 2.24) is 24.4 Å². The Morgan fingerprint density at radius 1 is 1.32 bits per heavy atom. The van der Waals surface area contributed by atoms with Crippen LogP contribution in [0.15, 0.2) is 35.6 Å². The lowest BCUT2D eigenvalue weighted by Crippen LogP contribution is -2.13. The van der Waals surface area contributed by atoms with Gasteiger partial charge in [-0.15, -0.1) is 0 Å². The first kappa shape index (κ1) is 14.5. The van der Waals surface area contributed by atoms with Crippen LogP contribution < -0.4 is 4.72 Å². The molecule has 116 valence electrons. The predicted octanol–water partition coefficient (Wildman–Crippen LogP) is 1.31. The molecule has 0 unspecified atom stereocenters. The van der Waals surface area contributed by atoms with Crippen LogP contribution in [0.4, 0.5) is 5.69 Å². The van der Waals surface area contributed by atoms with Gasteiger partial charge in [-0.2, -0.15) is 10.2 Å². The molecule has 0 fully saturated rings. The lowest BCUT2D eigenvalue weighted by Gasteiger charge is -2.06. The van der Waals surface area contributed by atoms with Crippen molar-refractivity contribution in [2.45, 2.75) is 31.7 Å². The average Bonchev–Trinajstić information content (AvgIpc) is 3.14. The minimum absolute atomic E-state index is 0.117. The van der Waals surface area contributed by atoms with Gasteiger partial charge in [0, 0.05) is 25.4 Å². The third kappa shape index (κ3) is 2.54. The molecule has 9 heteroatoms. The molecular weight excluding hydrogens is 304 g/mol. The second kappa shape index (κ2) is 5.41. The van der Waals surface area contributed by atoms with Crippen LogP contribution in [0.3, 0.4) is 0 Å². The van der Waals surface area contributed by atoms with Crippen LogP contribution >= 0.6 is 0 Å². The molecule has 0 aromatic carbocycles. The van der Waals surface area contributed by atoms with Crippen LogP contribution in [-0.4, -0.2) is 32.8 Å². The number of anilines is 1. The standard InChI is InChI=1S/C13H16N6O2S/c1-3-12-15-13-11(6-5-7-19(13)16-12)17-22(20,21)10-8-14-18(4-2)9-10/h5-9,17H,3-4H2,1-2H3. The summed E-state index contributed by atoms with van der Waals surface area (Å²) in [7, 11) is -3.71. The van der Waals surface area contributed by atoms with Crippen LogP contribution in [0.5, 0.6) is 0 Å². The van der Waals surface area contributed by atoms with E-state index < -0.39 is 10.0 Å². The van der Waals surface area contributed by atoms with Gasteiger partial charge in [0.1, 0.15) is 4.90 Å². The zero-order valence-electron chi connectivity index (χ0n) is 12.3. The minimum atomic E-state index is -3.71. The Bertz CT molecular complexity index is 912. The molecule has 0 aliphatic carbocycles. The number of hydrogen-bond acceptors (Lipinski definition) is 5. The number of hydrogen-bond donors (Lipinski definition) is 1. The van der Waals surface area contributed by atoms with E-state index in [1.807, 2.05) is 13.8 Å². The normalized spacial score (nSPS) is 11.9. The Morgan fingerprint density at radius 3 is 2.82 bits per heavy atom. The summed E-state index contributed by atoms with van der Waals surface area (Å²) in [6, 6.07) is 3.37. The molecule has 0 spiro atoms. The molecule has 0 atom stereocenters. The van der Waals surface area contributed by atoms with Crippen molar-refractivity contribution in [3.8, 4) is 0 Å². The maximum absolute atomic E-state index is 12.4. The van der Waals surface area contributed by atoms with E-state index in [-0.39, 0.29) is 4.90 Å². The van der Waals surface area contributed by atoms with Gasteiger partial charge in [-0.1, -0.05) is 6.92 Å². The van der Waals surface area contributed by atoms with Crippen molar-refractivity contribution in [1.29, 1.82) is 0 Å². The van der Waals surface area contributed by atoms with Crippen LogP contribution in [0, 0.1) is 0 Å². The highest BCUT2D eigenvalue weighted by Gasteiger charge is 2.18.